The van der Waals surface area contributed by atoms with Crippen molar-refractivity contribution in [1.29, 1.82) is 0 Å². The average molecular weight is 218 g/mol. The van der Waals surface area contributed by atoms with Crippen molar-refractivity contribution >= 4 is 0 Å². The molecule has 0 spiro atoms. The molecule has 0 aromatic carbocycles. The lowest BCUT2D eigenvalue weighted by atomic mass is 9.86. The summed E-state index contributed by atoms with van der Waals surface area (Å²) in [7, 11) is 0. The van der Waals surface area contributed by atoms with Crippen molar-refractivity contribution < 1.29 is 20.1 Å². The summed E-state index contributed by atoms with van der Waals surface area (Å²) in [6.07, 6.45) is -0.424. The van der Waals surface area contributed by atoms with Crippen molar-refractivity contribution in [2.75, 3.05) is 6.61 Å². The molecule has 1 unspecified atom stereocenters. The maximum absolute atomic E-state index is 9.80. The van der Waals surface area contributed by atoms with Crippen LogP contribution in [0.15, 0.2) is 0 Å². The predicted molar refractivity (Wildman–Crippen MR) is 56.4 cm³/mol. The number of rotatable bonds is 4. The summed E-state index contributed by atoms with van der Waals surface area (Å²) in [4.78, 5) is 0. The molecule has 90 valence electrons. The fourth-order valence-corrected chi connectivity index (χ4v) is 2.22. The smallest absolute Gasteiger partial charge is 0.111 e. The van der Waals surface area contributed by atoms with Crippen LogP contribution in [0, 0.1) is 5.92 Å². The van der Waals surface area contributed by atoms with Gasteiger partial charge in [0.05, 0.1) is 12.7 Å². The van der Waals surface area contributed by atoms with Gasteiger partial charge in [-0.25, -0.2) is 0 Å². The Labute approximate surface area is 90.9 Å². The molecule has 0 bridgehead atoms. The fraction of sp³-hybridized carbons (Fsp3) is 1.00. The average Bonchev–Trinajstić information content (AvgIpc) is 2.24. The Morgan fingerprint density at radius 2 is 1.87 bits per heavy atom. The maximum atomic E-state index is 9.80. The number of aliphatic hydroxyl groups excluding tert-OH is 3. The van der Waals surface area contributed by atoms with Crippen molar-refractivity contribution in [3.63, 3.8) is 0 Å². The predicted octanol–water partition coefficient (Wildman–Crippen LogP) is 0.294. The zero-order valence-electron chi connectivity index (χ0n) is 9.47. The molecule has 4 nitrogen and oxygen atoms in total. The summed E-state index contributed by atoms with van der Waals surface area (Å²) in [6, 6.07) is 0. The van der Waals surface area contributed by atoms with Crippen LogP contribution < -0.4 is 0 Å². The second-order valence-electron chi connectivity index (χ2n) is 4.30. The molecule has 0 saturated carbocycles. The summed E-state index contributed by atoms with van der Waals surface area (Å²) in [6.45, 7) is 4.25. The Morgan fingerprint density at radius 1 is 1.20 bits per heavy atom. The Bertz CT molecular complexity index is 183. The Balaban J connectivity index is 2.60. The molecule has 15 heavy (non-hydrogen) atoms. The quantitative estimate of drug-likeness (QED) is 0.634. The minimum atomic E-state index is -1.07. The molecule has 0 aromatic rings. The highest BCUT2D eigenvalue weighted by Gasteiger charge is 2.40. The molecule has 1 heterocycles. The van der Waals surface area contributed by atoms with E-state index in [4.69, 9.17) is 4.74 Å². The van der Waals surface area contributed by atoms with Crippen LogP contribution in [0.4, 0.5) is 0 Å². The van der Waals surface area contributed by atoms with Gasteiger partial charge in [-0.3, -0.25) is 0 Å². The van der Waals surface area contributed by atoms with Gasteiger partial charge in [-0.2, -0.15) is 0 Å². The van der Waals surface area contributed by atoms with Crippen LogP contribution in [-0.2, 0) is 4.74 Å². The Morgan fingerprint density at radius 3 is 2.40 bits per heavy atom. The molecule has 0 amide bonds. The van der Waals surface area contributed by atoms with Crippen molar-refractivity contribution in [3.05, 3.63) is 0 Å². The minimum Gasteiger partial charge on any atom is -0.388 e. The van der Waals surface area contributed by atoms with Gasteiger partial charge in [-0.1, -0.05) is 26.7 Å². The molecule has 4 heteroatoms. The highest BCUT2D eigenvalue weighted by Crippen LogP contribution is 2.26. The molecule has 1 aliphatic heterocycles. The number of ether oxygens (including phenoxy) is 1. The normalized spacial score (nSPS) is 39.0. The molecule has 1 rings (SSSR count). The van der Waals surface area contributed by atoms with Gasteiger partial charge < -0.3 is 20.1 Å². The van der Waals surface area contributed by atoms with E-state index >= 15 is 0 Å². The maximum Gasteiger partial charge on any atom is 0.111 e. The van der Waals surface area contributed by atoms with E-state index in [1.807, 2.05) is 6.92 Å². The highest BCUT2D eigenvalue weighted by molar-refractivity contribution is 4.89. The lowest BCUT2D eigenvalue weighted by Gasteiger charge is -2.39. The van der Waals surface area contributed by atoms with Gasteiger partial charge in [-0.05, 0) is 12.3 Å². The van der Waals surface area contributed by atoms with E-state index < -0.39 is 18.3 Å². The summed E-state index contributed by atoms with van der Waals surface area (Å²) in [5, 5.41) is 28.7. The zero-order chi connectivity index (χ0) is 11.4. The van der Waals surface area contributed by atoms with E-state index in [2.05, 4.69) is 6.92 Å². The summed E-state index contributed by atoms with van der Waals surface area (Å²) in [5.41, 5.74) is 0. The number of aliphatic hydroxyl groups is 3. The number of hydrogen-bond acceptors (Lipinski definition) is 4. The van der Waals surface area contributed by atoms with Crippen LogP contribution in [-0.4, -0.2) is 46.3 Å². The molecule has 1 aliphatic rings. The fourth-order valence-electron chi connectivity index (χ4n) is 2.22. The number of hydrogen-bond donors (Lipinski definition) is 3. The highest BCUT2D eigenvalue weighted by atomic mass is 16.5. The zero-order valence-corrected chi connectivity index (χ0v) is 9.47. The molecule has 3 N–H and O–H groups in total. The summed E-state index contributed by atoms with van der Waals surface area (Å²) >= 11 is 0. The van der Waals surface area contributed by atoms with E-state index in [-0.39, 0.29) is 18.6 Å². The largest absolute Gasteiger partial charge is 0.388 e. The van der Waals surface area contributed by atoms with Crippen LogP contribution in [0.5, 0.6) is 0 Å². The van der Waals surface area contributed by atoms with Gasteiger partial charge in [0.15, 0.2) is 0 Å². The van der Waals surface area contributed by atoms with Crippen molar-refractivity contribution in [2.45, 2.75) is 57.5 Å². The third-order valence-corrected chi connectivity index (χ3v) is 3.19. The first-order valence-corrected chi connectivity index (χ1v) is 5.77. The first-order chi connectivity index (χ1) is 7.11. The second kappa shape index (κ2) is 5.80. The van der Waals surface area contributed by atoms with Gasteiger partial charge in [0.2, 0.25) is 0 Å². The Kier molecular flexibility index (Phi) is 4.99. The molecular formula is C11H22O4. The molecule has 1 saturated heterocycles. The first-order valence-electron chi connectivity index (χ1n) is 5.77. The second-order valence-corrected chi connectivity index (χ2v) is 4.30. The molecular weight excluding hydrogens is 196 g/mol. The molecule has 5 atom stereocenters. The van der Waals surface area contributed by atoms with Gasteiger partial charge in [0, 0.05) is 0 Å². The third kappa shape index (κ3) is 2.91. The van der Waals surface area contributed by atoms with Crippen LogP contribution in [0.3, 0.4) is 0 Å². The van der Waals surface area contributed by atoms with Crippen LogP contribution >= 0.6 is 0 Å². The SMILES string of the molecule is CCCC(CC)[C@@H]1OC[C@@H](O)[C@H](O)[C@H]1O. The van der Waals surface area contributed by atoms with Crippen LogP contribution in [0.1, 0.15) is 33.1 Å². The van der Waals surface area contributed by atoms with E-state index in [1.165, 1.54) is 0 Å². The summed E-state index contributed by atoms with van der Waals surface area (Å²) in [5.74, 6) is 0.257. The van der Waals surface area contributed by atoms with Crippen molar-refractivity contribution in [2.24, 2.45) is 5.92 Å². The van der Waals surface area contributed by atoms with Crippen LogP contribution in [0.2, 0.25) is 0 Å². The van der Waals surface area contributed by atoms with E-state index in [0.29, 0.717) is 0 Å². The van der Waals surface area contributed by atoms with Crippen LogP contribution in [0.25, 0.3) is 0 Å². The third-order valence-electron chi connectivity index (χ3n) is 3.19. The molecule has 0 aromatic heterocycles. The summed E-state index contributed by atoms with van der Waals surface area (Å²) < 4.78 is 5.42. The van der Waals surface area contributed by atoms with Gasteiger partial charge in [-0.15, -0.1) is 0 Å². The Hall–Kier alpha value is -0.160. The van der Waals surface area contributed by atoms with Crippen molar-refractivity contribution in [1.82, 2.24) is 0 Å². The lowest BCUT2D eigenvalue weighted by Crippen LogP contribution is -2.55. The monoisotopic (exact) mass is 218 g/mol. The first kappa shape index (κ1) is 12.9. The van der Waals surface area contributed by atoms with Gasteiger partial charge in [0.25, 0.3) is 0 Å². The topological polar surface area (TPSA) is 69.9 Å². The van der Waals surface area contributed by atoms with Crippen molar-refractivity contribution in [3.8, 4) is 0 Å². The standard InChI is InChI=1S/C11H22O4/c1-3-5-7(4-2)11-10(14)9(13)8(12)6-15-11/h7-14H,3-6H2,1-2H3/t7?,8-,9+,10-,11+/m1/s1. The van der Waals surface area contributed by atoms with Gasteiger partial charge in [0.1, 0.15) is 18.3 Å². The van der Waals surface area contributed by atoms with E-state index in [9.17, 15) is 15.3 Å². The molecule has 0 aliphatic carbocycles. The minimum absolute atomic E-state index is 0.114. The van der Waals surface area contributed by atoms with Gasteiger partial charge >= 0.3 is 0 Å². The lowest BCUT2D eigenvalue weighted by molar-refractivity contribution is -0.201. The molecule has 1 fully saturated rings. The van der Waals surface area contributed by atoms with E-state index in [0.717, 1.165) is 19.3 Å². The van der Waals surface area contributed by atoms with E-state index in [1.54, 1.807) is 0 Å². The molecule has 0 radical (unpaired) electrons.